The number of aromatic nitrogens is 1. The summed E-state index contributed by atoms with van der Waals surface area (Å²) in [6.45, 7) is 3.26. The molecule has 7 nitrogen and oxygen atoms in total. The monoisotopic (exact) mass is 300 g/mol. The van der Waals surface area contributed by atoms with Crippen molar-refractivity contribution in [2.24, 2.45) is 7.05 Å². The number of nitrogens with one attached hydrogen (secondary N) is 3. The van der Waals surface area contributed by atoms with E-state index in [0.717, 1.165) is 13.0 Å². The highest BCUT2D eigenvalue weighted by Crippen LogP contribution is 2.20. The lowest BCUT2D eigenvalue weighted by atomic mass is 10.0. The fraction of sp³-hybridized carbons (Fsp3) is 0.583. The van der Waals surface area contributed by atoms with Crippen molar-refractivity contribution in [2.75, 3.05) is 20.1 Å². The molecule has 3 N–H and O–H groups in total. The first-order chi connectivity index (χ1) is 9.27. The maximum atomic E-state index is 12.4. The highest BCUT2D eigenvalue weighted by atomic mass is 32.2. The fourth-order valence-electron chi connectivity index (χ4n) is 2.32. The van der Waals surface area contributed by atoms with Crippen molar-refractivity contribution in [3.8, 4) is 0 Å². The number of carbonyl (C=O) groups is 1. The first kappa shape index (κ1) is 15.0. The summed E-state index contributed by atoms with van der Waals surface area (Å²) in [6, 6.07) is 1.38. The van der Waals surface area contributed by atoms with E-state index >= 15 is 0 Å². The van der Waals surface area contributed by atoms with Crippen LogP contribution in [0.15, 0.2) is 17.2 Å². The van der Waals surface area contributed by atoms with Crippen molar-refractivity contribution in [2.45, 2.75) is 23.8 Å². The summed E-state index contributed by atoms with van der Waals surface area (Å²) in [5, 5.41) is 5.62. The van der Waals surface area contributed by atoms with E-state index in [2.05, 4.69) is 15.4 Å². The van der Waals surface area contributed by atoms with Crippen molar-refractivity contribution in [1.29, 1.82) is 0 Å². The average Bonchev–Trinajstić information content (AvgIpc) is 2.94. The quantitative estimate of drug-likeness (QED) is 0.693. The molecular formula is C12H20N4O3S. The Balaban J connectivity index is 2.28. The standard InChI is InChI=1S/C12H20N4O3S/c1-12(4-5-14-8-12)15-20(18,19)9-6-10(11(17)13-2)16(3)7-9/h6-7,14-15H,4-5,8H2,1-3H3,(H,13,17). The lowest BCUT2D eigenvalue weighted by Crippen LogP contribution is -2.47. The van der Waals surface area contributed by atoms with Crippen molar-refractivity contribution in [3.05, 3.63) is 18.0 Å². The number of hydrogen-bond donors (Lipinski definition) is 3. The molecule has 1 amide bonds. The van der Waals surface area contributed by atoms with Crippen molar-refractivity contribution < 1.29 is 13.2 Å². The van der Waals surface area contributed by atoms with Gasteiger partial charge >= 0.3 is 0 Å². The van der Waals surface area contributed by atoms with E-state index in [1.807, 2.05) is 6.92 Å². The molecule has 1 aliphatic heterocycles. The number of carbonyl (C=O) groups excluding carboxylic acids is 1. The summed E-state index contributed by atoms with van der Waals surface area (Å²) in [4.78, 5) is 11.7. The van der Waals surface area contributed by atoms with Gasteiger partial charge in [0.25, 0.3) is 5.91 Å². The summed E-state index contributed by atoms with van der Waals surface area (Å²) in [6.07, 6.45) is 2.18. The number of hydrogen-bond acceptors (Lipinski definition) is 4. The third-order valence-electron chi connectivity index (χ3n) is 3.50. The van der Waals surface area contributed by atoms with Gasteiger partial charge in [0, 0.05) is 32.4 Å². The van der Waals surface area contributed by atoms with E-state index in [9.17, 15) is 13.2 Å². The number of amides is 1. The molecule has 0 spiro atoms. The largest absolute Gasteiger partial charge is 0.354 e. The van der Waals surface area contributed by atoms with E-state index in [1.54, 1.807) is 7.05 Å². The van der Waals surface area contributed by atoms with Crippen LogP contribution in [0.3, 0.4) is 0 Å². The van der Waals surface area contributed by atoms with Crippen LogP contribution in [-0.4, -0.2) is 44.6 Å². The molecule has 0 aromatic carbocycles. The fourth-order valence-corrected chi connectivity index (χ4v) is 3.83. The predicted octanol–water partition coefficient (Wildman–Crippen LogP) is -0.585. The van der Waals surface area contributed by atoms with E-state index in [4.69, 9.17) is 0 Å². The van der Waals surface area contributed by atoms with Gasteiger partial charge in [-0.05, 0) is 26.0 Å². The van der Waals surface area contributed by atoms with Gasteiger partial charge in [-0.3, -0.25) is 4.79 Å². The molecule has 0 aliphatic carbocycles. The van der Waals surface area contributed by atoms with Crippen molar-refractivity contribution in [1.82, 2.24) is 19.9 Å². The Morgan fingerprint density at radius 3 is 2.75 bits per heavy atom. The maximum Gasteiger partial charge on any atom is 0.267 e. The molecule has 1 atom stereocenters. The number of nitrogens with zero attached hydrogens (tertiary/aromatic N) is 1. The highest BCUT2D eigenvalue weighted by molar-refractivity contribution is 7.89. The zero-order valence-corrected chi connectivity index (χ0v) is 12.7. The van der Waals surface area contributed by atoms with E-state index in [-0.39, 0.29) is 10.8 Å². The normalized spacial score (nSPS) is 22.9. The first-order valence-corrected chi connectivity index (χ1v) is 7.89. The number of rotatable bonds is 4. The second kappa shape index (κ2) is 5.19. The molecule has 1 unspecified atom stereocenters. The molecule has 20 heavy (non-hydrogen) atoms. The van der Waals surface area contributed by atoms with Crippen molar-refractivity contribution in [3.63, 3.8) is 0 Å². The lowest BCUT2D eigenvalue weighted by Gasteiger charge is -2.23. The second-order valence-electron chi connectivity index (χ2n) is 5.34. The average molecular weight is 300 g/mol. The van der Waals surface area contributed by atoms with Crippen LogP contribution in [0.25, 0.3) is 0 Å². The maximum absolute atomic E-state index is 12.4. The van der Waals surface area contributed by atoms with Crippen LogP contribution < -0.4 is 15.4 Å². The Kier molecular flexibility index (Phi) is 3.90. The molecule has 0 bridgehead atoms. The smallest absolute Gasteiger partial charge is 0.267 e. The van der Waals surface area contributed by atoms with E-state index < -0.39 is 15.6 Å². The topological polar surface area (TPSA) is 92.2 Å². The third kappa shape index (κ3) is 2.87. The minimum Gasteiger partial charge on any atom is -0.354 e. The van der Waals surface area contributed by atoms with Gasteiger partial charge in [0.1, 0.15) is 10.6 Å². The molecule has 0 radical (unpaired) electrons. The van der Waals surface area contributed by atoms with Crippen LogP contribution >= 0.6 is 0 Å². The molecular weight excluding hydrogens is 280 g/mol. The number of sulfonamides is 1. The Labute approximate surface area is 118 Å². The molecule has 1 fully saturated rings. The van der Waals surface area contributed by atoms with Crippen LogP contribution in [0.1, 0.15) is 23.8 Å². The summed E-state index contributed by atoms with van der Waals surface area (Å²) in [5.74, 6) is -0.317. The highest BCUT2D eigenvalue weighted by Gasteiger charge is 2.34. The van der Waals surface area contributed by atoms with Crippen molar-refractivity contribution >= 4 is 15.9 Å². The minimum atomic E-state index is -3.64. The van der Waals surface area contributed by atoms with E-state index in [0.29, 0.717) is 12.2 Å². The molecule has 2 rings (SSSR count). The van der Waals surface area contributed by atoms with Crippen LogP contribution in [0, 0.1) is 0 Å². The van der Waals surface area contributed by atoms with Crippen LogP contribution in [0.2, 0.25) is 0 Å². The van der Waals surface area contributed by atoms with Crippen LogP contribution in [-0.2, 0) is 17.1 Å². The summed E-state index contributed by atoms with van der Waals surface area (Å²) < 4.78 is 29.0. The second-order valence-corrected chi connectivity index (χ2v) is 7.03. The molecule has 1 aromatic rings. The van der Waals surface area contributed by atoms with Gasteiger partial charge < -0.3 is 15.2 Å². The summed E-state index contributed by atoms with van der Waals surface area (Å²) in [7, 11) is -0.488. The van der Waals surface area contributed by atoms with Gasteiger partial charge in [0.15, 0.2) is 0 Å². The third-order valence-corrected chi connectivity index (χ3v) is 5.10. The molecule has 112 valence electrons. The molecule has 1 saturated heterocycles. The molecule has 1 aliphatic rings. The Hall–Kier alpha value is -1.38. The zero-order chi connectivity index (χ0) is 15.0. The van der Waals surface area contributed by atoms with Gasteiger partial charge in [-0.2, -0.15) is 0 Å². The lowest BCUT2D eigenvalue weighted by molar-refractivity contribution is 0.0955. The Morgan fingerprint density at radius 1 is 1.50 bits per heavy atom. The van der Waals surface area contributed by atoms with Gasteiger partial charge in [-0.1, -0.05) is 0 Å². The molecule has 0 saturated carbocycles. The SMILES string of the molecule is CNC(=O)c1cc(S(=O)(=O)NC2(C)CCNC2)cn1C. The van der Waals surface area contributed by atoms with Gasteiger partial charge in [-0.25, -0.2) is 13.1 Å². The van der Waals surface area contributed by atoms with Crippen LogP contribution in [0.5, 0.6) is 0 Å². The van der Waals surface area contributed by atoms with Gasteiger partial charge in [-0.15, -0.1) is 0 Å². The van der Waals surface area contributed by atoms with Crippen LogP contribution in [0.4, 0.5) is 0 Å². The minimum absolute atomic E-state index is 0.103. The number of aryl methyl sites for hydroxylation is 1. The Morgan fingerprint density at radius 2 is 2.20 bits per heavy atom. The predicted molar refractivity (Wildman–Crippen MR) is 75.0 cm³/mol. The zero-order valence-electron chi connectivity index (χ0n) is 11.9. The van der Waals surface area contributed by atoms with Gasteiger partial charge in [0.2, 0.25) is 10.0 Å². The van der Waals surface area contributed by atoms with Gasteiger partial charge in [0.05, 0.1) is 0 Å². The Bertz CT molecular complexity index is 615. The molecule has 2 heterocycles. The van der Waals surface area contributed by atoms with E-state index in [1.165, 1.54) is 23.9 Å². The summed E-state index contributed by atoms with van der Waals surface area (Å²) >= 11 is 0. The molecule has 8 heteroatoms. The molecule has 1 aromatic heterocycles. The summed E-state index contributed by atoms with van der Waals surface area (Å²) in [5.41, 5.74) is -0.176. The first-order valence-electron chi connectivity index (χ1n) is 6.40.